The van der Waals surface area contributed by atoms with Gasteiger partial charge in [-0.1, -0.05) is 23.7 Å². The van der Waals surface area contributed by atoms with E-state index in [9.17, 15) is 13.2 Å². The number of hydrogen-bond donors (Lipinski definition) is 0. The number of aryl methyl sites for hydroxylation is 2. The summed E-state index contributed by atoms with van der Waals surface area (Å²) in [5.41, 5.74) is 2.11. The van der Waals surface area contributed by atoms with Gasteiger partial charge in [0, 0.05) is 26.2 Å². The molecule has 28 heavy (non-hydrogen) atoms. The number of carbonyl (C=O) groups is 1. The van der Waals surface area contributed by atoms with Crippen LogP contribution in [-0.2, 0) is 10.0 Å². The first-order chi connectivity index (χ1) is 13.2. The van der Waals surface area contributed by atoms with Gasteiger partial charge in [0.25, 0.3) is 5.91 Å². The first kappa shape index (κ1) is 21.1. The van der Waals surface area contributed by atoms with Crippen molar-refractivity contribution >= 4 is 39.3 Å². The maximum Gasteiger partial charge on any atom is 0.256 e. The van der Waals surface area contributed by atoms with Crippen molar-refractivity contribution in [2.75, 3.05) is 32.4 Å². The van der Waals surface area contributed by atoms with Crippen LogP contribution in [0, 0.1) is 13.8 Å². The van der Waals surface area contributed by atoms with E-state index in [1.54, 1.807) is 30.0 Å². The highest BCUT2D eigenvalue weighted by molar-refractivity contribution is 7.98. The van der Waals surface area contributed by atoms with Gasteiger partial charge in [-0.2, -0.15) is 4.31 Å². The third kappa shape index (κ3) is 4.20. The second-order valence-corrected chi connectivity index (χ2v) is 9.74. The fourth-order valence-corrected chi connectivity index (χ4v) is 5.66. The Balaban J connectivity index is 1.76. The Morgan fingerprint density at radius 1 is 1.11 bits per heavy atom. The molecule has 1 aromatic heterocycles. The van der Waals surface area contributed by atoms with Crippen LogP contribution in [0.5, 0.6) is 0 Å². The molecular weight excluding hydrogens is 418 g/mol. The van der Waals surface area contributed by atoms with Crippen molar-refractivity contribution in [3.63, 3.8) is 0 Å². The van der Waals surface area contributed by atoms with Gasteiger partial charge in [0.1, 0.15) is 10.2 Å². The number of hydrogen-bond acceptors (Lipinski definition) is 5. The van der Waals surface area contributed by atoms with Crippen LogP contribution in [0.4, 0.5) is 0 Å². The highest BCUT2D eigenvalue weighted by Gasteiger charge is 2.32. The first-order valence-electron chi connectivity index (χ1n) is 8.81. The highest BCUT2D eigenvalue weighted by Crippen LogP contribution is 2.25. The van der Waals surface area contributed by atoms with Gasteiger partial charge >= 0.3 is 0 Å². The summed E-state index contributed by atoms with van der Waals surface area (Å²) < 4.78 is 27.5. The third-order valence-electron chi connectivity index (χ3n) is 4.74. The Kier molecular flexibility index (Phi) is 6.34. The first-order valence-corrected chi connectivity index (χ1v) is 11.9. The monoisotopic (exact) mass is 439 g/mol. The van der Waals surface area contributed by atoms with E-state index in [1.807, 2.05) is 25.3 Å². The lowest BCUT2D eigenvalue weighted by Crippen LogP contribution is -2.50. The number of sulfonamides is 1. The number of piperazine rings is 1. The Morgan fingerprint density at radius 2 is 1.79 bits per heavy atom. The molecule has 6 nitrogen and oxygen atoms in total. The van der Waals surface area contributed by atoms with Crippen molar-refractivity contribution < 1.29 is 13.2 Å². The molecule has 0 saturated carbocycles. The number of aromatic nitrogens is 1. The van der Waals surface area contributed by atoms with Crippen LogP contribution >= 0.6 is 23.4 Å². The van der Waals surface area contributed by atoms with Crippen LogP contribution in [0.2, 0.25) is 5.15 Å². The summed E-state index contributed by atoms with van der Waals surface area (Å²) in [6.45, 7) is 4.86. The van der Waals surface area contributed by atoms with E-state index in [-0.39, 0.29) is 19.0 Å². The molecule has 1 fully saturated rings. The summed E-state index contributed by atoms with van der Waals surface area (Å²) in [7, 11) is -3.59. The maximum absolute atomic E-state index is 13.0. The number of benzene rings is 1. The third-order valence-corrected chi connectivity index (χ3v) is 7.69. The van der Waals surface area contributed by atoms with Gasteiger partial charge in [-0.15, -0.1) is 11.8 Å². The molecule has 1 aliphatic rings. The molecule has 2 aromatic rings. The van der Waals surface area contributed by atoms with Crippen LogP contribution in [0.15, 0.2) is 40.3 Å². The SMILES string of the molecule is CSc1nc(Cl)ccc1C(=O)N1CCN(S(=O)(=O)c2cc(C)ccc2C)CC1. The minimum atomic E-state index is -3.59. The minimum absolute atomic E-state index is 0.155. The summed E-state index contributed by atoms with van der Waals surface area (Å²) in [5.74, 6) is -0.155. The van der Waals surface area contributed by atoms with E-state index in [0.717, 1.165) is 11.1 Å². The van der Waals surface area contributed by atoms with Crippen LogP contribution in [0.3, 0.4) is 0 Å². The van der Waals surface area contributed by atoms with E-state index in [2.05, 4.69) is 4.98 Å². The molecule has 0 aliphatic carbocycles. The predicted molar refractivity (Wildman–Crippen MR) is 112 cm³/mol. The van der Waals surface area contributed by atoms with Gasteiger partial charge in [0.15, 0.2) is 0 Å². The number of halogens is 1. The Hall–Kier alpha value is -1.61. The van der Waals surface area contributed by atoms with Gasteiger partial charge in [0.05, 0.1) is 10.5 Å². The molecular formula is C19H22ClN3O3S2. The van der Waals surface area contributed by atoms with Gasteiger partial charge < -0.3 is 4.90 Å². The molecule has 0 unspecified atom stereocenters. The number of carbonyl (C=O) groups excluding carboxylic acids is 1. The van der Waals surface area contributed by atoms with E-state index in [4.69, 9.17) is 11.6 Å². The molecule has 0 spiro atoms. The van der Waals surface area contributed by atoms with E-state index in [1.165, 1.54) is 16.1 Å². The molecule has 150 valence electrons. The lowest BCUT2D eigenvalue weighted by Gasteiger charge is -2.34. The summed E-state index contributed by atoms with van der Waals surface area (Å²) in [5, 5.41) is 0.910. The number of rotatable bonds is 4. The summed E-state index contributed by atoms with van der Waals surface area (Å²) in [4.78, 5) is 19.1. The lowest BCUT2D eigenvalue weighted by atomic mass is 10.2. The summed E-state index contributed by atoms with van der Waals surface area (Å²) >= 11 is 7.27. The van der Waals surface area contributed by atoms with Gasteiger partial charge in [-0.3, -0.25) is 4.79 Å². The van der Waals surface area contributed by atoms with Crippen molar-refractivity contribution in [3.05, 3.63) is 52.2 Å². The van der Waals surface area contributed by atoms with Crippen molar-refractivity contribution in [2.24, 2.45) is 0 Å². The van der Waals surface area contributed by atoms with Crippen molar-refractivity contribution in [3.8, 4) is 0 Å². The summed E-state index contributed by atoms with van der Waals surface area (Å²) in [6.07, 6.45) is 1.84. The average molecular weight is 440 g/mol. The fourth-order valence-electron chi connectivity index (χ4n) is 3.16. The molecule has 0 bridgehead atoms. The molecule has 3 rings (SSSR count). The number of pyridine rings is 1. The Bertz CT molecular complexity index is 1000. The molecule has 0 radical (unpaired) electrons. The number of thioether (sulfide) groups is 1. The zero-order valence-electron chi connectivity index (χ0n) is 16.0. The molecule has 1 amide bonds. The molecule has 1 aliphatic heterocycles. The second kappa shape index (κ2) is 8.41. The quantitative estimate of drug-likeness (QED) is 0.540. The topological polar surface area (TPSA) is 70.6 Å². The van der Waals surface area contributed by atoms with E-state index in [0.29, 0.717) is 33.7 Å². The van der Waals surface area contributed by atoms with Crippen molar-refractivity contribution in [1.82, 2.24) is 14.2 Å². The van der Waals surface area contributed by atoms with Gasteiger partial charge in [-0.25, -0.2) is 13.4 Å². The lowest BCUT2D eigenvalue weighted by molar-refractivity contribution is 0.0693. The molecule has 1 aromatic carbocycles. The average Bonchev–Trinajstić information content (AvgIpc) is 2.69. The van der Waals surface area contributed by atoms with Crippen molar-refractivity contribution in [1.29, 1.82) is 0 Å². The molecule has 2 heterocycles. The van der Waals surface area contributed by atoms with E-state index < -0.39 is 10.0 Å². The van der Waals surface area contributed by atoms with Crippen LogP contribution < -0.4 is 0 Å². The number of amides is 1. The van der Waals surface area contributed by atoms with Gasteiger partial charge in [0.2, 0.25) is 10.0 Å². The Morgan fingerprint density at radius 3 is 2.43 bits per heavy atom. The number of nitrogens with zero attached hydrogens (tertiary/aromatic N) is 3. The van der Waals surface area contributed by atoms with Gasteiger partial charge in [-0.05, 0) is 49.4 Å². The minimum Gasteiger partial charge on any atom is -0.336 e. The normalized spacial score (nSPS) is 15.6. The van der Waals surface area contributed by atoms with Crippen molar-refractivity contribution in [2.45, 2.75) is 23.8 Å². The zero-order valence-corrected chi connectivity index (χ0v) is 18.4. The highest BCUT2D eigenvalue weighted by atomic mass is 35.5. The smallest absolute Gasteiger partial charge is 0.256 e. The van der Waals surface area contributed by atoms with E-state index >= 15 is 0 Å². The molecule has 0 N–H and O–H groups in total. The zero-order chi connectivity index (χ0) is 20.5. The standard InChI is InChI=1S/C19H22ClN3O3S2/c1-13-4-5-14(2)16(12-13)28(25,26)23-10-8-22(9-11-23)19(24)15-6-7-17(20)21-18(15)27-3/h4-7,12H,8-11H2,1-3H3. The van der Waals surface area contributed by atoms with Crippen LogP contribution in [-0.4, -0.2) is 60.9 Å². The fraction of sp³-hybridized carbons (Fsp3) is 0.368. The van der Waals surface area contributed by atoms with Crippen LogP contribution in [0.25, 0.3) is 0 Å². The largest absolute Gasteiger partial charge is 0.336 e. The maximum atomic E-state index is 13.0. The molecule has 9 heteroatoms. The molecule has 0 atom stereocenters. The Labute approximate surface area is 174 Å². The molecule has 1 saturated heterocycles. The predicted octanol–water partition coefficient (Wildman–Crippen LogP) is 3.22. The summed E-state index contributed by atoms with van der Waals surface area (Å²) in [6, 6.07) is 8.68. The second-order valence-electron chi connectivity index (χ2n) is 6.66. The van der Waals surface area contributed by atoms with Crippen LogP contribution in [0.1, 0.15) is 21.5 Å².